The highest BCUT2D eigenvalue weighted by Crippen LogP contribution is 2.48. The smallest absolute Gasteiger partial charge is 0.338 e. The van der Waals surface area contributed by atoms with E-state index >= 15 is 0 Å². The van der Waals surface area contributed by atoms with Crippen LogP contribution < -0.4 is 0 Å². The highest BCUT2D eigenvalue weighted by Gasteiger charge is 2.24. The van der Waals surface area contributed by atoms with Crippen LogP contribution in [0.5, 0.6) is 0 Å². The van der Waals surface area contributed by atoms with Crippen molar-refractivity contribution in [3.8, 4) is 4.90 Å². The maximum absolute atomic E-state index is 12.6. The minimum absolute atomic E-state index is 0.124. The normalized spacial score (nSPS) is 11.8. The topological polar surface area (TPSA) is 26.3 Å². The SMILES string of the molecule is CCCCCCCOC(=O)c1ccc2c(c1)c1ccccc1[s+]2-c1ccccc1. The lowest BCUT2D eigenvalue weighted by molar-refractivity contribution is 0.0498. The van der Waals surface area contributed by atoms with Crippen LogP contribution in [0.2, 0.25) is 0 Å². The largest absolute Gasteiger partial charge is 0.462 e. The van der Waals surface area contributed by atoms with Gasteiger partial charge in [0.1, 0.15) is 0 Å². The standard InChI is InChI=1S/C26H27O2S/c1-2-3-4-5-11-18-28-26(27)20-16-17-25-23(19-20)22-14-9-10-15-24(22)29(25)21-12-7-6-8-13-21/h6-10,12-17,19H,2-5,11,18H2,1H3/q+1. The average molecular weight is 404 g/mol. The summed E-state index contributed by atoms with van der Waals surface area (Å²) >= 11 is 0. The molecule has 0 bridgehead atoms. The fourth-order valence-corrected chi connectivity index (χ4v) is 6.17. The predicted octanol–water partition coefficient (Wildman–Crippen LogP) is 7.86. The molecule has 0 aliphatic rings. The molecule has 4 aromatic rings. The van der Waals surface area contributed by atoms with Gasteiger partial charge in [0, 0.05) is 21.2 Å². The number of unbranched alkanes of at least 4 members (excludes halogenated alkanes) is 4. The number of carbonyl (C=O) groups is 1. The molecule has 29 heavy (non-hydrogen) atoms. The van der Waals surface area contributed by atoms with E-state index in [1.807, 2.05) is 12.1 Å². The van der Waals surface area contributed by atoms with Crippen molar-refractivity contribution in [3.05, 3.63) is 78.4 Å². The number of esters is 1. The van der Waals surface area contributed by atoms with Crippen molar-refractivity contribution in [3.63, 3.8) is 0 Å². The van der Waals surface area contributed by atoms with E-state index in [1.54, 1.807) is 0 Å². The quantitative estimate of drug-likeness (QED) is 0.170. The Morgan fingerprint density at radius 3 is 2.34 bits per heavy atom. The van der Waals surface area contributed by atoms with Gasteiger partial charge in [-0.3, -0.25) is 0 Å². The van der Waals surface area contributed by atoms with Crippen LogP contribution in [0.1, 0.15) is 49.4 Å². The Labute approximate surface area is 175 Å². The third-order valence-electron chi connectivity index (χ3n) is 5.29. The van der Waals surface area contributed by atoms with Gasteiger partial charge in [-0.15, -0.1) is 0 Å². The highest BCUT2D eigenvalue weighted by molar-refractivity contribution is 7.50. The molecule has 3 aromatic carbocycles. The van der Waals surface area contributed by atoms with Crippen molar-refractivity contribution in [1.82, 2.24) is 0 Å². The molecule has 0 spiro atoms. The predicted molar refractivity (Wildman–Crippen MR) is 124 cm³/mol. The maximum Gasteiger partial charge on any atom is 0.338 e. The van der Waals surface area contributed by atoms with Crippen LogP contribution in [-0.4, -0.2) is 12.6 Å². The molecular weight excluding hydrogens is 376 g/mol. The number of benzene rings is 3. The van der Waals surface area contributed by atoms with Gasteiger partial charge in [0.15, 0.2) is 14.3 Å². The number of hydrogen-bond acceptors (Lipinski definition) is 2. The average Bonchev–Trinajstić information content (AvgIpc) is 3.10. The zero-order chi connectivity index (χ0) is 20.1. The van der Waals surface area contributed by atoms with E-state index in [-0.39, 0.29) is 16.4 Å². The summed E-state index contributed by atoms with van der Waals surface area (Å²) in [7, 11) is -0.124. The zero-order valence-corrected chi connectivity index (χ0v) is 17.7. The fourth-order valence-electron chi connectivity index (χ4n) is 3.80. The van der Waals surface area contributed by atoms with Gasteiger partial charge in [0.25, 0.3) is 0 Å². The lowest BCUT2D eigenvalue weighted by Gasteiger charge is -2.04. The van der Waals surface area contributed by atoms with Crippen LogP contribution in [0.25, 0.3) is 25.1 Å². The van der Waals surface area contributed by atoms with Gasteiger partial charge in [0.05, 0.1) is 12.2 Å². The molecule has 0 aliphatic heterocycles. The summed E-state index contributed by atoms with van der Waals surface area (Å²) in [5.41, 5.74) is 0.644. The Morgan fingerprint density at radius 1 is 0.793 bits per heavy atom. The van der Waals surface area contributed by atoms with Gasteiger partial charge in [-0.2, -0.15) is 0 Å². The van der Waals surface area contributed by atoms with Gasteiger partial charge in [0.2, 0.25) is 0 Å². The summed E-state index contributed by atoms with van der Waals surface area (Å²) in [6.07, 6.45) is 5.75. The van der Waals surface area contributed by atoms with E-state index < -0.39 is 0 Å². The van der Waals surface area contributed by atoms with Gasteiger partial charge >= 0.3 is 5.97 Å². The van der Waals surface area contributed by atoms with E-state index in [4.69, 9.17) is 4.74 Å². The van der Waals surface area contributed by atoms with Crippen LogP contribution >= 0.6 is 10.5 Å². The van der Waals surface area contributed by atoms with Crippen molar-refractivity contribution in [2.75, 3.05) is 6.61 Å². The monoisotopic (exact) mass is 403 g/mol. The van der Waals surface area contributed by atoms with Gasteiger partial charge < -0.3 is 4.74 Å². The Kier molecular flexibility index (Phi) is 6.26. The zero-order valence-electron chi connectivity index (χ0n) is 16.9. The summed E-state index contributed by atoms with van der Waals surface area (Å²) in [6.45, 7) is 2.71. The Morgan fingerprint density at radius 2 is 1.52 bits per heavy atom. The molecule has 1 heterocycles. The second-order valence-electron chi connectivity index (χ2n) is 7.38. The van der Waals surface area contributed by atoms with Crippen molar-refractivity contribution in [2.45, 2.75) is 39.0 Å². The van der Waals surface area contributed by atoms with E-state index in [1.165, 1.54) is 38.9 Å². The lowest BCUT2D eigenvalue weighted by Crippen LogP contribution is -2.06. The molecule has 148 valence electrons. The molecule has 3 heteroatoms. The Hall–Kier alpha value is -2.65. The van der Waals surface area contributed by atoms with E-state index in [0.29, 0.717) is 12.2 Å². The fraction of sp³-hybridized carbons (Fsp3) is 0.269. The minimum atomic E-state index is -0.215. The molecule has 0 aliphatic carbocycles. The van der Waals surface area contributed by atoms with E-state index in [0.717, 1.165) is 18.2 Å². The molecule has 0 saturated carbocycles. The molecule has 1 aromatic heterocycles. The molecule has 0 radical (unpaired) electrons. The second-order valence-corrected chi connectivity index (χ2v) is 9.34. The van der Waals surface area contributed by atoms with Crippen molar-refractivity contribution >= 4 is 36.6 Å². The third kappa shape index (κ3) is 4.20. The molecule has 0 N–H and O–H groups in total. The molecule has 0 amide bonds. The summed E-state index contributed by atoms with van der Waals surface area (Å²) in [6, 6.07) is 25.2. The number of thiophene rings is 1. The van der Waals surface area contributed by atoms with Crippen LogP contribution in [0.3, 0.4) is 0 Å². The molecule has 0 fully saturated rings. The van der Waals surface area contributed by atoms with Gasteiger partial charge in [-0.05, 0) is 48.9 Å². The lowest BCUT2D eigenvalue weighted by atomic mass is 10.1. The first-order valence-corrected chi connectivity index (χ1v) is 11.7. The number of ether oxygens (including phenoxy) is 1. The highest BCUT2D eigenvalue weighted by atomic mass is 32.2. The van der Waals surface area contributed by atoms with Gasteiger partial charge in [-0.1, -0.05) is 62.9 Å². The first-order valence-electron chi connectivity index (χ1n) is 10.5. The summed E-state index contributed by atoms with van der Waals surface area (Å²) in [5.74, 6) is -0.215. The van der Waals surface area contributed by atoms with E-state index in [2.05, 4.69) is 67.6 Å². The first kappa shape index (κ1) is 19.7. The van der Waals surface area contributed by atoms with Crippen molar-refractivity contribution in [2.24, 2.45) is 0 Å². The maximum atomic E-state index is 12.6. The van der Waals surface area contributed by atoms with E-state index in [9.17, 15) is 4.79 Å². The van der Waals surface area contributed by atoms with Crippen LogP contribution in [-0.2, 0) is 4.74 Å². The van der Waals surface area contributed by atoms with Crippen LogP contribution in [0, 0.1) is 0 Å². The second kappa shape index (κ2) is 9.23. The molecule has 2 nitrogen and oxygen atoms in total. The summed E-state index contributed by atoms with van der Waals surface area (Å²) in [5, 5.41) is 2.38. The first-order chi connectivity index (χ1) is 14.3. The number of rotatable bonds is 8. The molecular formula is C26H27O2S+. The van der Waals surface area contributed by atoms with Crippen molar-refractivity contribution < 1.29 is 9.53 Å². The molecule has 4 rings (SSSR count). The number of carbonyl (C=O) groups excluding carboxylic acids is 1. The molecule has 0 saturated heterocycles. The van der Waals surface area contributed by atoms with Crippen LogP contribution in [0.4, 0.5) is 0 Å². The molecule has 1 atom stereocenters. The van der Waals surface area contributed by atoms with Crippen molar-refractivity contribution in [1.29, 1.82) is 0 Å². The third-order valence-corrected chi connectivity index (χ3v) is 7.63. The van der Waals surface area contributed by atoms with Gasteiger partial charge in [-0.25, -0.2) is 4.79 Å². The minimum Gasteiger partial charge on any atom is -0.462 e. The summed E-state index contributed by atoms with van der Waals surface area (Å²) < 4.78 is 8.15. The Bertz CT molecular complexity index is 1110. The molecule has 1 unspecified atom stereocenters. The van der Waals surface area contributed by atoms with Crippen LogP contribution in [0.15, 0.2) is 72.8 Å². The Balaban J connectivity index is 1.63. The number of hydrogen-bond donors (Lipinski definition) is 0. The number of fused-ring (bicyclic) bond motifs is 3. The summed E-state index contributed by atoms with van der Waals surface area (Å²) in [4.78, 5) is 13.9.